The van der Waals surface area contributed by atoms with Crippen molar-refractivity contribution in [2.24, 2.45) is 0 Å². The number of benzene rings is 2. The Hall–Kier alpha value is -3.48. The fraction of sp³-hybridized carbons (Fsp3) is 0.105. The summed E-state index contributed by atoms with van der Waals surface area (Å²) in [5, 5.41) is 5.78. The molecule has 2 N–H and O–H groups in total. The minimum Gasteiger partial charge on any atom is -0.497 e. The second-order valence-electron chi connectivity index (χ2n) is 5.43. The van der Waals surface area contributed by atoms with Gasteiger partial charge in [0.15, 0.2) is 0 Å². The molecular formula is C19H17FN4O2. The third-order valence-electron chi connectivity index (χ3n) is 3.60. The van der Waals surface area contributed by atoms with Gasteiger partial charge in [-0.2, -0.15) is 0 Å². The monoisotopic (exact) mass is 352 g/mol. The van der Waals surface area contributed by atoms with Gasteiger partial charge < -0.3 is 15.4 Å². The Labute approximate surface area is 150 Å². The van der Waals surface area contributed by atoms with E-state index in [2.05, 4.69) is 20.6 Å². The number of halogens is 1. The van der Waals surface area contributed by atoms with Gasteiger partial charge in [0.1, 0.15) is 17.3 Å². The zero-order valence-electron chi connectivity index (χ0n) is 14.1. The van der Waals surface area contributed by atoms with Crippen molar-refractivity contribution >= 4 is 17.5 Å². The van der Waals surface area contributed by atoms with Crippen molar-refractivity contribution in [1.82, 2.24) is 15.3 Å². The van der Waals surface area contributed by atoms with Crippen molar-refractivity contribution in [3.05, 3.63) is 77.9 Å². The summed E-state index contributed by atoms with van der Waals surface area (Å²) in [6.07, 6.45) is 1.51. The number of hydrogen-bond donors (Lipinski definition) is 2. The second-order valence-corrected chi connectivity index (χ2v) is 5.43. The first kappa shape index (κ1) is 17.3. The molecule has 0 radical (unpaired) electrons. The molecule has 0 unspecified atom stereocenters. The van der Waals surface area contributed by atoms with Crippen molar-refractivity contribution in [3.8, 4) is 5.75 Å². The van der Waals surface area contributed by atoms with Crippen LogP contribution in [0.4, 0.5) is 16.0 Å². The van der Waals surface area contributed by atoms with E-state index in [1.54, 1.807) is 19.2 Å². The second kappa shape index (κ2) is 8.06. The van der Waals surface area contributed by atoms with Gasteiger partial charge in [0.25, 0.3) is 5.91 Å². The predicted octanol–water partition coefficient (Wildman–Crippen LogP) is 3.30. The summed E-state index contributed by atoms with van der Waals surface area (Å²) in [4.78, 5) is 20.6. The van der Waals surface area contributed by atoms with Crippen LogP contribution in [0.15, 0.2) is 60.8 Å². The SMILES string of the molecule is COc1ccc(Nc2nccc(C(=O)NCc3ccc(F)cc3)n2)cc1. The Morgan fingerprint density at radius 2 is 1.81 bits per heavy atom. The number of carbonyl (C=O) groups is 1. The van der Waals surface area contributed by atoms with Gasteiger partial charge in [0.05, 0.1) is 7.11 Å². The molecule has 1 heterocycles. The van der Waals surface area contributed by atoms with E-state index in [-0.39, 0.29) is 24.0 Å². The van der Waals surface area contributed by atoms with Crippen LogP contribution in [0.5, 0.6) is 5.75 Å². The van der Waals surface area contributed by atoms with Gasteiger partial charge in [-0.25, -0.2) is 14.4 Å². The number of methoxy groups -OCH3 is 1. The summed E-state index contributed by atoms with van der Waals surface area (Å²) in [5.41, 5.74) is 1.80. The summed E-state index contributed by atoms with van der Waals surface area (Å²) >= 11 is 0. The number of hydrogen-bond acceptors (Lipinski definition) is 5. The number of amides is 1. The highest BCUT2D eigenvalue weighted by molar-refractivity contribution is 5.92. The van der Waals surface area contributed by atoms with Crippen LogP contribution in [0.3, 0.4) is 0 Å². The highest BCUT2D eigenvalue weighted by Gasteiger charge is 2.09. The normalized spacial score (nSPS) is 10.2. The molecule has 0 saturated heterocycles. The van der Waals surface area contributed by atoms with Crippen LogP contribution < -0.4 is 15.4 Å². The molecule has 0 bridgehead atoms. The molecule has 2 aromatic carbocycles. The Balaban J connectivity index is 1.63. The van der Waals surface area contributed by atoms with Crippen molar-refractivity contribution < 1.29 is 13.9 Å². The quantitative estimate of drug-likeness (QED) is 0.712. The summed E-state index contributed by atoms with van der Waals surface area (Å²) in [6, 6.07) is 14.7. The zero-order chi connectivity index (χ0) is 18.4. The third-order valence-corrected chi connectivity index (χ3v) is 3.60. The molecular weight excluding hydrogens is 335 g/mol. The van der Waals surface area contributed by atoms with Crippen LogP contribution in [-0.4, -0.2) is 23.0 Å². The predicted molar refractivity (Wildman–Crippen MR) is 95.9 cm³/mol. The standard InChI is InChI=1S/C19H17FN4O2/c1-26-16-8-6-15(7-9-16)23-19-21-11-10-17(24-19)18(25)22-12-13-2-4-14(20)5-3-13/h2-11H,12H2,1H3,(H,22,25)(H,21,23,24). The molecule has 0 saturated carbocycles. The topological polar surface area (TPSA) is 76.1 Å². The summed E-state index contributed by atoms with van der Waals surface area (Å²) in [7, 11) is 1.60. The summed E-state index contributed by atoms with van der Waals surface area (Å²) in [5.74, 6) is 0.398. The first-order valence-corrected chi connectivity index (χ1v) is 7.91. The maximum atomic E-state index is 12.9. The van der Waals surface area contributed by atoms with Crippen LogP contribution in [0.25, 0.3) is 0 Å². The number of carbonyl (C=O) groups excluding carboxylic acids is 1. The van der Waals surface area contributed by atoms with Gasteiger partial charge >= 0.3 is 0 Å². The number of nitrogens with zero attached hydrogens (tertiary/aromatic N) is 2. The number of rotatable bonds is 6. The molecule has 1 amide bonds. The lowest BCUT2D eigenvalue weighted by molar-refractivity contribution is 0.0946. The minimum absolute atomic E-state index is 0.234. The first-order valence-electron chi connectivity index (χ1n) is 7.91. The first-order chi connectivity index (χ1) is 12.6. The zero-order valence-corrected chi connectivity index (χ0v) is 14.1. The van der Waals surface area contributed by atoms with Crippen molar-refractivity contribution in [3.63, 3.8) is 0 Å². The van der Waals surface area contributed by atoms with Gasteiger partial charge in [-0.3, -0.25) is 4.79 Å². The van der Waals surface area contributed by atoms with E-state index in [0.717, 1.165) is 17.0 Å². The average molecular weight is 352 g/mol. The van der Waals surface area contributed by atoms with Crippen LogP contribution in [0, 0.1) is 5.82 Å². The molecule has 0 spiro atoms. The van der Waals surface area contributed by atoms with Crippen molar-refractivity contribution in [1.29, 1.82) is 0 Å². The van der Waals surface area contributed by atoms with Crippen LogP contribution in [0.1, 0.15) is 16.1 Å². The van der Waals surface area contributed by atoms with Crippen molar-refractivity contribution in [2.45, 2.75) is 6.54 Å². The third kappa shape index (κ3) is 4.54. The maximum Gasteiger partial charge on any atom is 0.270 e. The largest absolute Gasteiger partial charge is 0.497 e. The van der Waals surface area contributed by atoms with Gasteiger partial charge in [0.2, 0.25) is 5.95 Å². The Morgan fingerprint density at radius 3 is 2.50 bits per heavy atom. The van der Waals surface area contributed by atoms with Crippen LogP contribution in [0.2, 0.25) is 0 Å². The Morgan fingerprint density at radius 1 is 1.08 bits per heavy atom. The maximum absolute atomic E-state index is 12.9. The van der Waals surface area contributed by atoms with E-state index < -0.39 is 0 Å². The molecule has 1 aromatic heterocycles. The molecule has 132 valence electrons. The lowest BCUT2D eigenvalue weighted by Gasteiger charge is -2.08. The lowest BCUT2D eigenvalue weighted by atomic mass is 10.2. The molecule has 0 aliphatic rings. The summed E-state index contributed by atoms with van der Waals surface area (Å²) < 4.78 is 18.0. The number of ether oxygens (including phenoxy) is 1. The fourth-order valence-electron chi connectivity index (χ4n) is 2.22. The highest BCUT2D eigenvalue weighted by Crippen LogP contribution is 2.17. The molecule has 3 rings (SSSR count). The molecule has 0 aliphatic carbocycles. The molecule has 26 heavy (non-hydrogen) atoms. The molecule has 7 heteroatoms. The van der Waals surface area contributed by atoms with E-state index in [1.807, 2.05) is 24.3 Å². The smallest absolute Gasteiger partial charge is 0.270 e. The van der Waals surface area contributed by atoms with E-state index in [9.17, 15) is 9.18 Å². The highest BCUT2D eigenvalue weighted by atomic mass is 19.1. The molecule has 0 aliphatic heterocycles. The fourth-order valence-corrected chi connectivity index (χ4v) is 2.22. The molecule has 3 aromatic rings. The average Bonchev–Trinajstić information content (AvgIpc) is 2.68. The Bertz CT molecular complexity index is 883. The van der Waals surface area contributed by atoms with Gasteiger partial charge in [-0.1, -0.05) is 12.1 Å². The van der Waals surface area contributed by atoms with Crippen LogP contribution in [-0.2, 0) is 6.54 Å². The van der Waals surface area contributed by atoms with Crippen LogP contribution >= 0.6 is 0 Å². The lowest BCUT2D eigenvalue weighted by Crippen LogP contribution is -2.24. The minimum atomic E-state index is -0.338. The van der Waals surface area contributed by atoms with E-state index in [1.165, 1.54) is 24.4 Å². The Kier molecular flexibility index (Phi) is 5.38. The van der Waals surface area contributed by atoms with Gasteiger partial charge in [-0.05, 0) is 48.0 Å². The summed E-state index contributed by atoms with van der Waals surface area (Å²) in [6.45, 7) is 0.282. The number of aromatic nitrogens is 2. The van der Waals surface area contributed by atoms with Crippen molar-refractivity contribution in [2.75, 3.05) is 12.4 Å². The number of anilines is 2. The van der Waals surface area contributed by atoms with E-state index in [4.69, 9.17) is 4.74 Å². The molecule has 0 fully saturated rings. The van der Waals surface area contributed by atoms with Gasteiger partial charge in [0, 0.05) is 18.4 Å². The van der Waals surface area contributed by atoms with E-state index in [0.29, 0.717) is 5.95 Å². The van der Waals surface area contributed by atoms with Gasteiger partial charge in [-0.15, -0.1) is 0 Å². The molecule has 0 atom stereocenters. The van der Waals surface area contributed by atoms with E-state index >= 15 is 0 Å². The molecule has 6 nitrogen and oxygen atoms in total. The number of nitrogens with one attached hydrogen (secondary N) is 2.